The molecule has 2 N–H and O–H groups in total. The Morgan fingerprint density at radius 1 is 1.75 bits per heavy atom. The summed E-state index contributed by atoms with van der Waals surface area (Å²) in [4.78, 5) is 0. The van der Waals surface area contributed by atoms with Gasteiger partial charge < -0.3 is 5.73 Å². The Balaban J connectivity index is 1.97. The lowest BCUT2D eigenvalue weighted by atomic mass is 10.5. The number of hydrogen-bond acceptors (Lipinski definition) is 1. The van der Waals surface area contributed by atoms with Gasteiger partial charge in [-0.25, -0.2) is 0 Å². The second-order valence-corrected chi connectivity index (χ2v) is 0.789. The van der Waals surface area contributed by atoms with Gasteiger partial charge in [-0.05, 0) is 13.0 Å². The van der Waals surface area contributed by atoms with E-state index in [4.69, 9.17) is 5.73 Å². The van der Waals surface area contributed by atoms with E-state index in [0.29, 0.717) is 0 Å². The molecule has 0 aliphatic carbocycles. The van der Waals surface area contributed by atoms with Crippen molar-refractivity contribution in [2.45, 2.75) is 13.3 Å². The van der Waals surface area contributed by atoms with Crippen molar-refractivity contribution in [1.29, 1.82) is 0 Å². The van der Waals surface area contributed by atoms with Crippen LogP contribution >= 0.6 is 0 Å². The molecule has 1 heteroatoms. The third-order valence-electron chi connectivity index (χ3n) is 0.289. The summed E-state index contributed by atoms with van der Waals surface area (Å²) in [5.41, 5.74) is 5.03. The number of rotatable bonds is 1. The minimum Gasteiger partial charge on any atom is -0.330 e. The first-order valence-corrected chi connectivity index (χ1v) is 1.62. The van der Waals surface area contributed by atoms with Crippen LogP contribution in [0.25, 0.3) is 0 Å². The third-order valence-corrected chi connectivity index (χ3v) is 0.289. The van der Waals surface area contributed by atoms with Crippen LogP contribution in [0, 0.1) is 0 Å². The normalized spacial score (nSPS) is 7.50. The lowest BCUT2D eigenvalue weighted by molar-refractivity contribution is 0.932. The van der Waals surface area contributed by atoms with Crippen molar-refractivity contribution in [2.75, 3.05) is 6.54 Å². The average molecular weight is 60.1 g/mol. The maximum atomic E-state index is 5.03. The highest BCUT2D eigenvalue weighted by molar-refractivity contribution is 4.19. The number of nitrogens with two attached hydrogens (primary N) is 1. The van der Waals surface area contributed by atoms with Crippen molar-refractivity contribution in [3.63, 3.8) is 0 Å². The van der Waals surface area contributed by atoms with Crippen molar-refractivity contribution in [3.8, 4) is 0 Å². The second-order valence-electron chi connectivity index (χ2n) is 0.789. The smallest absolute Gasteiger partial charge is 0.00799 e. The largest absolute Gasteiger partial charge is 0.330 e. The summed E-state index contributed by atoms with van der Waals surface area (Å²) < 4.78 is 0. The lowest BCUT2D eigenvalue weighted by Crippen LogP contribution is -1.93. The molecular weight excluding hydrogens is 51.0 g/mol. The molecule has 0 aromatic rings. The first-order chi connectivity index (χ1) is 1.91. The summed E-state index contributed by atoms with van der Waals surface area (Å²) in [6, 6.07) is 0. The van der Waals surface area contributed by atoms with E-state index in [-0.39, 0.29) is 0 Å². The van der Waals surface area contributed by atoms with Crippen LogP contribution in [0.5, 0.6) is 0 Å². The third kappa shape index (κ3) is 1.96. The summed E-state index contributed by atoms with van der Waals surface area (Å²) in [5.74, 6) is 0. The van der Waals surface area contributed by atoms with E-state index >= 15 is 0 Å². The molecule has 0 heterocycles. The molecule has 0 spiro atoms. The molecule has 0 aliphatic rings. The van der Waals surface area contributed by atoms with Gasteiger partial charge in [-0.3, -0.25) is 0 Å². The van der Waals surface area contributed by atoms with E-state index in [1.54, 1.807) is 0 Å². The summed E-state index contributed by atoms with van der Waals surface area (Å²) in [6.45, 7) is 2.88. The maximum absolute atomic E-state index is 5.03. The van der Waals surface area contributed by atoms with Crippen LogP contribution in [0.3, 0.4) is 0 Å². The minimum atomic E-state index is 0.819. The topological polar surface area (TPSA) is 26.0 Å². The molecule has 0 fully saturated rings. The number of hydrogen-bond donors (Lipinski definition) is 1. The molecule has 0 bridgehead atoms. The van der Waals surface area contributed by atoms with Crippen LogP contribution in [0.1, 0.15) is 13.3 Å². The fraction of sp³-hybridized carbons (Fsp3) is 1.00. The van der Waals surface area contributed by atoms with Gasteiger partial charge in [-0.1, -0.05) is 6.92 Å². The van der Waals surface area contributed by atoms with E-state index < -0.39 is 0 Å². The van der Waals surface area contributed by atoms with Gasteiger partial charge in [0.15, 0.2) is 0 Å². The SMILES string of the molecule is CCC[15NH2]. The standard InChI is InChI=1S/C3H9N/c1-2-3-4/h2-4H2,1H3/i4+1. The molecule has 0 saturated heterocycles. The highest BCUT2D eigenvalue weighted by atomic mass is 15.3. The van der Waals surface area contributed by atoms with Crippen molar-refractivity contribution in [3.05, 3.63) is 0 Å². The van der Waals surface area contributed by atoms with Gasteiger partial charge in [0.1, 0.15) is 0 Å². The van der Waals surface area contributed by atoms with Crippen molar-refractivity contribution < 1.29 is 0 Å². The molecule has 1 nitrogen and oxygen atoms in total. The molecule has 0 rings (SSSR count). The van der Waals surface area contributed by atoms with E-state index in [1.807, 2.05) is 0 Å². The summed E-state index contributed by atoms with van der Waals surface area (Å²) in [6.07, 6.45) is 1.10. The quantitative estimate of drug-likeness (QED) is 0.434. The fourth-order valence-electron chi connectivity index (χ4n) is 0. The van der Waals surface area contributed by atoms with Gasteiger partial charge in [0.25, 0.3) is 0 Å². The summed E-state index contributed by atoms with van der Waals surface area (Å²) in [7, 11) is 0. The first-order valence-electron chi connectivity index (χ1n) is 1.62. The molecule has 0 unspecified atom stereocenters. The fourth-order valence-corrected chi connectivity index (χ4v) is 0. The molecule has 0 atom stereocenters. The van der Waals surface area contributed by atoms with Crippen molar-refractivity contribution >= 4 is 0 Å². The molecule has 0 aliphatic heterocycles. The van der Waals surface area contributed by atoms with Crippen molar-refractivity contribution in [2.24, 2.45) is 5.73 Å². The lowest BCUT2D eigenvalue weighted by Gasteiger charge is -1.70. The Hall–Kier alpha value is -0.0400. The molecule has 0 radical (unpaired) electrons. The van der Waals surface area contributed by atoms with Crippen LogP contribution in [0.2, 0.25) is 0 Å². The van der Waals surface area contributed by atoms with Gasteiger partial charge >= 0.3 is 0 Å². The predicted octanol–water partition coefficient (Wildman–Crippen LogP) is 0.355. The Morgan fingerprint density at radius 3 is 2.00 bits per heavy atom. The zero-order chi connectivity index (χ0) is 3.41. The molecule has 0 aromatic carbocycles. The molecule has 0 saturated carbocycles. The highest BCUT2D eigenvalue weighted by Gasteiger charge is 1.55. The monoisotopic (exact) mass is 60.1 g/mol. The van der Waals surface area contributed by atoms with Gasteiger partial charge in [-0.15, -0.1) is 0 Å². The van der Waals surface area contributed by atoms with Crippen LogP contribution in [-0.2, 0) is 0 Å². The van der Waals surface area contributed by atoms with Gasteiger partial charge in [0.05, 0.1) is 0 Å². The molecule has 4 heavy (non-hydrogen) atoms. The first kappa shape index (κ1) is 3.96. The van der Waals surface area contributed by atoms with Crippen LogP contribution in [0.4, 0.5) is 0 Å². The molecule has 26 valence electrons. The predicted molar refractivity (Wildman–Crippen MR) is 19.3 cm³/mol. The molecule has 0 amide bonds. The van der Waals surface area contributed by atoms with E-state index in [1.165, 1.54) is 0 Å². The zero-order valence-corrected chi connectivity index (χ0v) is 2.99. The highest BCUT2D eigenvalue weighted by Crippen LogP contribution is 1.57. The van der Waals surface area contributed by atoms with Crippen LogP contribution in [0.15, 0.2) is 0 Å². The Kier molecular flexibility index (Phi) is 2.93. The van der Waals surface area contributed by atoms with E-state index in [9.17, 15) is 0 Å². The van der Waals surface area contributed by atoms with Gasteiger partial charge in [0.2, 0.25) is 0 Å². The Bertz CT molecular complexity index is 5.25. The average Bonchev–Trinajstić information content (AvgIpc) is 1.37. The summed E-state index contributed by atoms with van der Waals surface area (Å²) in [5, 5.41) is 0. The van der Waals surface area contributed by atoms with Gasteiger partial charge in [0, 0.05) is 0 Å². The minimum absolute atomic E-state index is 0.819. The molecule has 0 aromatic heterocycles. The van der Waals surface area contributed by atoms with E-state index in [0.717, 1.165) is 13.0 Å². The van der Waals surface area contributed by atoms with Gasteiger partial charge in [-0.2, -0.15) is 0 Å². The van der Waals surface area contributed by atoms with E-state index in [2.05, 4.69) is 6.92 Å². The Morgan fingerprint density at radius 2 is 2.00 bits per heavy atom. The zero-order valence-electron chi connectivity index (χ0n) is 2.99. The van der Waals surface area contributed by atoms with Crippen LogP contribution in [-0.4, -0.2) is 6.54 Å². The second kappa shape index (κ2) is 2.96. The summed E-state index contributed by atoms with van der Waals surface area (Å²) >= 11 is 0. The Labute approximate surface area is 26.8 Å². The molecular formula is C3H9N. The maximum Gasteiger partial charge on any atom is -0.00799 e. The van der Waals surface area contributed by atoms with Crippen molar-refractivity contribution in [1.82, 2.24) is 0 Å². The van der Waals surface area contributed by atoms with Crippen LogP contribution < -0.4 is 5.73 Å².